The Bertz CT molecular complexity index is 1560. The second kappa shape index (κ2) is 8.09. The van der Waals surface area contributed by atoms with Crippen LogP contribution in [0.1, 0.15) is 17.5 Å². The lowest BCUT2D eigenvalue weighted by molar-refractivity contribution is 0.484. The van der Waals surface area contributed by atoms with Crippen molar-refractivity contribution in [3.05, 3.63) is 82.9 Å². The number of nitrogens with one attached hydrogen (secondary N) is 2. The van der Waals surface area contributed by atoms with E-state index in [0.717, 1.165) is 30.4 Å². The van der Waals surface area contributed by atoms with Gasteiger partial charge in [0, 0.05) is 16.5 Å². The van der Waals surface area contributed by atoms with Crippen molar-refractivity contribution in [1.82, 2.24) is 0 Å². The molecule has 0 unspecified atom stereocenters. The lowest BCUT2D eigenvalue weighted by atomic mass is 10.1. The molecule has 0 saturated heterocycles. The maximum atomic E-state index is 13.1. The maximum absolute atomic E-state index is 13.1. The molecule has 0 atom stereocenters. The van der Waals surface area contributed by atoms with Crippen LogP contribution in [-0.2, 0) is 32.9 Å². The van der Waals surface area contributed by atoms with E-state index in [1.54, 1.807) is 36.4 Å². The Morgan fingerprint density at radius 1 is 0.758 bits per heavy atom. The van der Waals surface area contributed by atoms with Crippen molar-refractivity contribution in [2.24, 2.45) is 0 Å². The molecule has 0 saturated carbocycles. The van der Waals surface area contributed by atoms with E-state index in [1.807, 2.05) is 6.07 Å². The summed E-state index contributed by atoms with van der Waals surface area (Å²) in [7, 11) is -8.12. The minimum Gasteiger partial charge on any atom is -0.443 e. The van der Waals surface area contributed by atoms with Gasteiger partial charge in [0.15, 0.2) is 0 Å². The van der Waals surface area contributed by atoms with Gasteiger partial charge in [-0.2, -0.15) is 8.42 Å². The van der Waals surface area contributed by atoms with Crippen LogP contribution in [0, 0.1) is 0 Å². The summed E-state index contributed by atoms with van der Waals surface area (Å²) in [6, 6.07) is 17.5. The molecule has 2 N–H and O–H groups in total. The zero-order valence-electron chi connectivity index (χ0n) is 17.2. The van der Waals surface area contributed by atoms with Gasteiger partial charge in [0.25, 0.3) is 20.0 Å². The SMILES string of the molecule is O=S(=O)(Nc1ccc(Cl)cc1NS(=O)(=O)c1cc2ccccc2o1)c1ccc2c(c1)CCC2. The summed E-state index contributed by atoms with van der Waals surface area (Å²) in [6.07, 6.45) is 2.77. The molecule has 4 aromatic rings. The van der Waals surface area contributed by atoms with Gasteiger partial charge in [-0.25, -0.2) is 8.42 Å². The number of hydrogen-bond donors (Lipinski definition) is 2. The van der Waals surface area contributed by atoms with Gasteiger partial charge >= 0.3 is 0 Å². The van der Waals surface area contributed by atoms with Gasteiger partial charge in [-0.1, -0.05) is 35.9 Å². The van der Waals surface area contributed by atoms with E-state index in [-0.39, 0.29) is 26.4 Å². The average Bonchev–Trinajstić information content (AvgIpc) is 3.42. The van der Waals surface area contributed by atoms with E-state index in [4.69, 9.17) is 16.0 Å². The fourth-order valence-electron chi connectivity index (χ4n) is 3.89. The highest BCUT2D eigenvalue weighted by atomic mass is 35.5. The van der Waals surface area contributed by atoms with Gasteiger partial charge in [-0.15, -0.1) is 0 Å². The van der Waals surface area contributed by atoms with Crippen LogP contribution in [-0.4, -0.2) is 16.8 Å². The molecule has 7 nitrogen and oxygen atoms in total. The molecule has 10 heteroatoms. The molecule has 0 spiro atoms. The third kappa shape index (κ3) is 4.31. The van der Waals surface area contributed by atoms with E-state index < -0.39 is 20.0 Å². The third-order valence-corrected chi connectivity index (χ3v) is 8.34. The van der Waals surface area contributed by atoms with Crippen LogP contribution in [0.15, 0.2) is 81.1 Å². The first-order chi connectivity index (χ1) is 15.7. The van der Waals surface area contributed by atoms with Gasteiger partial charge in [0.2, 0.25) is 5.09 Å². The number of aryl methyl sites for hydroxylation is 2. The van der Waals surface area contributed by atoms with Crippen molar-refractivity contribution >= 4 is 54.0 Å². The molecule has 5 rings (SSSR count). The molecule has 33 heavy (non-hydrogen) atoms. The zero-order chi connectivity index (χ0) is 23.2. The highest BCUT2D eigenvalue weighted by molar-refractivity contribution is 7.93. The summed E-state index contributed by atoms with van der Waals surface area (Å²) in [5.41, 5.74) is 2.60. The van der Waals surface area contributed by atoms with E-state index in [2.05, 4.69) is 9.44 Å². The smallest absolute Gasteiger partial charge is 0.295 e. The summed E-state index contributed by atoms with van der Waals surface area (Å²) >= 11 is 6.07. The lowest BCUT2D eigenvalue weighted by Crippen LogP contribution is -2.17. The third-order valence-electron chi connectivity index (χ3n) is 5.52. The molecular weight excluding hydrogens is 484 g/mol. The zero-order valence-corrected chi connectivity index (χ0v) is 19.6. The topological polar surface area (TPSA) is 105 Å². The number of halogens is 1. The second-order valence-electron chi connectivity index (χ2n) is 7.79. The molecular formula is C23H19ClN2O5S2. The molecule has 1 aliphatic rings. The predicted octanol–water partition coefficient (Wildman–Crippen LogP) is 5.18. The van der Waals surface area contributed by atoms with E-state index >= 15 is 0 Å². The Hall–Kier alpha value is -3.01. The molecule has 0 radical (unpaired) electrons. The molecule has 0 fully saturated rings. The maximum Gasteiger partial charge on any atom is 0.295 e. The van der Waals surface area contributed by atoms with E-state index in [1.165, 1.54) is 24.3 Å². The highest BCUT2D eigenvalue weighted by Crippen LogP contribution is 2.32. The molecule has 1 heterocycles. The Kier molecular flexibility index (Phi) is 5.35. The summed E-state index contributed by atoms with van der Waals surface area (Å²) in [4.78, 5) is 0.115. The van der Waals surface area contributed by atoms with Crippen LogP contribution in [0.2, 0.25) is 5.02 Å². The molecule has 1 aliphatic carbocycles. The van der Waals surface area contributed by atoms with Gasteiger partial charge in [0.1, 0.15) is 5.58 Å². The number of sulfonamides is 2. The normalized spacial score (nSPS) is 13.7. The quantitative estimate of drug-likeness (QED) is 0.378. The van der Waals surface area contributed by atoms with Crippen molar-refractivity contribution in [3.8, 4) is 0 Å². The van der Waals surface area contributed by atoms with Gasteiger partial charge < -0.3 is 4.42 Å². The summed E-state index contributed by atoms with van der Waals surface area (Å²) in [5, 5.41) is 0.565. The van der Waals surface area contributed by atoms with Crippen LogP contribution in [0.25, 0.3) is 11.0 Å². The first-order valence-electron chi connectivity index (χ1n) is 10.2. The molecule has 170 valence electrons. The fraction of sp³-hybridized carbons (Fsp3) is 0.130. The Balaban J connectivity index is 1.48. The molecule has 0 bridgehead atoms. The standard InChI is InChI=1S/C23H19ClN2O5S2/c24-18-9-11-20(25-32(27,28)19-10-8-15-5-3-6-16(15)12-19)21(14-18)26-33(29,30)23-13-17-4-1-2-7-22(17)31-23/h1-2,4,7-14,25-26H,3,5-6H2. The first kappa shape index (κ1) is 21.8. The second-order valence-corrected chi connectivity index (χ2v) is 11.5. The minimum absolute atomic E-state index is 0.0207. The van der Waals surface area contributed by atoms with Crippen molar-refractivity contribution in [2.45, 2.75) is 29.3 Å². The number of benzene rings is 3. The average molecular weight is 503 g/mol. The fourth-order valence-corrected chi connectivity index (χ4v) is 6.24. The predicted molar refractivity (Wildman–Crippen MR) is 128 cm³/mol. The Labute approximate surface area is 196 Å². The largest absolute Gasteiger partial charge is 0.443 e. The number of para-hydroxylation sites is 1. The van der Waals surface area contributed by atoms with Gasteiger partial charge in [-0.05, 0) is 66.8 Å². The Morgan fingerprint density at radius 3 is 2.33 bits per heavy atom. The lowest BCUT2D eigenvalue weighted by Gasteiger charge is -2.15. The molecule has 0 aliphatic heterocycles. The van der Waals surface area contributed by atoms with Crippen molar-refractivity contribution in [3.63, 3.8) is 0 Å². The Morgan fingerprint density at radius 2 is 1.52 bits per heavy atom. The number of rotatable bonds is 6. The molecule has 0 amide bonds. The molecule has 3 aromatic carbocycles. The van der Waals surface area contributed by atoms with Gasteiger partial charge in [-0.3, -0.25) is 9.44 Å². The van der Waals surface area contributed by atoms with Crippen molar-refractivity contribution in [1.29, 1.82) is 0 Å². The van der Waals surface area contributed by atoms with Crippen molar-refractivity contribution < 1.29 is 21.3 Å². The first-order valence-corrected chi connectivity index (χ1v) is 13.5. The molecule has 1 aromatic heterocycles. The highest BCUT2D eigenvalue weighted by Gasteiger charge is 2.24. The summed E-state index contributed by atoms with van der Waals surface area (Å²) in [5.74, 6) is 0. The monoisotopic (exact) mass is 502 g/mol. The van der Waals surface area contributed by atoms with E-state index in [9.17, 15) is 16.8 Å². The van der Waals surface area contributed by atoms with Crippen LogP contribution >= 0.6 is 11.6 Å². The minimum atomic E-state index is -4.15. The van der Waals surface area contributed by atoms with Crippen LogP contribution < -0.4 is 9.44 Å². The number of fused-ring (bicyclic) bond motifs is 2. The van der Waals surface area contributed by atoms with Crippen LogP contribution in [0.3, 0.4) is 0 Å². The summed E-state index contributed by atoms with van der Waals surface area (Å²) in [6.45, 7) is 0. The van der Waals surface area contributed by atoms with Crippen molar-refractivity contribution in [2.75, 3.05) is 9.44 Å². The summed E-state index contributed by atoms with van der Waals surface area (Å²) < 4.78 is 62.4. The van der Waals surface area contributed by atoms with Crippen LogP contribution in [0.5, 0.6) is 0 Å². The number of furan rings is 1. The van der Waals surface area contributed by atoms with Gasteiger partial charge in [0.05, 0.1) is 16.3 Å². The van der Waals surface area contributed by atoms with E-state index in [0.29, 0.717) is 11.0 Å². The number of hydrogen-bond acceptors (Lipinski definition) is 5. The van der Waals surface area contributed by atoms with Crippen LogP contribution in [0.4, 0.5) is 11.4 Å². The number of anilines is 2.